The number of aliphatic hydroxyl groups excluding tert-OH is 1. The number of ketones is 1. The topological polar surface area (TPSA) is 65.0 Å². The van der Waals surface area contributed by atoms with Crippen molar-refractivity contribution >= 4 is 38.9 Å². The van der Waals surface area contributed by atoms with Crippen molar-refractivity contribution in [1.82, 2.24) is 0 Å². The Morgan fingerprint density at radius 3 is 1.35 bits per heavy atom. The molecule has 0 heterocycles. The summed E-state index contributed by atoms with van der Waals surface area (Å²) >= 11 is 8.01. The van der Waals surface area contributed by atoms with E-state index in [4.69, 9.17) is 25.5 Å². The Hall–Kier alpha value is -2.59. The molecule has 34 heavy (non-hydrogen) atoms. The van der Waals surface area contributed by atoms with Crippen LogP contribution in [0.15, 0.2) is 72.8 Å². The Morgan fingerprint density at radius 2 is 1.06 bits per heavy atom. The van der Waals surface area contributed by atoms with E-state index >= 15 is 0 Å². The standard InChI is InChI=1S/C27H32ClO5P/c1-31-22-7-13-25(14-8-22)34(28,20-21(30)6-4-5-19-29,26-15-9-23(32-2)10-16-26)27-17-11-24(33-3)12-18-27/h7-18,29H,4-6,19-20H2,1-3H3. The van der Waals surface area contributed by atoms with E-state index in [-0.39, 0.29) is 18.6 Å². The quantitative estimate of drug-likeness (QED) is 0.293. The zero-order valence-corrected chi connectivity index (χ0v) is 21.5. The Morgan fingerprint density at radius 1 is 0.706 bits per heavy atom. The van der Waals surface area contributed by atoms with Gasteiger partial charge < -0.3 is 0 Å². The van der Waals surface area contributed by atoms with Gasteiger partial charge in [-0.3, -0.25) is 0 Å². The number of Topliss-reactive ketones (excluding diaryl/α,β-unsaturated/α-hetero) is 1. The van der Waals surface area contributed by atoms with Gasteiger partial charge in [0.05, 0.1) is 0 Å². The van der Waals surface area contributed by atoms with Crippen LogP contribution >= 0.6 is 17.2 Å². The average molecular weight is 503 g/mol. The Balaban J connectivity index is 2.29. The Kier molecular flexibility index (Phi) is 8.59. The first-order valence-electron chi connectivity index (χ1n) is 11.2. The fraction of sp³-hybridized carbons (Fsp3) is 0.296. The number of aliphatic hydroxyl groups is 1. The number of unbranched alkanes of at least 4 members (excludes halogenated alkanes) is 1. The zero-order valence-electron chi connectivity index (χ0n) is 19.9. The summed E-state index contributed by atoms with van der Waals surface area (Å²) in [4.78, 5) is 13.4. The number of hydrogen-bond acceptors (Lipinski definition) is 5. The van der Waals surface area contributed by atoms with Gasteiger partial charge in [0, 0.05) is 0 Å². The summed E-state index contributed by atoms with van der Waals surface area (Å²) < 4.78 is 16.1. The van der Waals surface area contributed by atoms with Crippen LogP contribution in [0.25, 0.3) is 0 Å². The molecular formula is C27H32ClO5P. The van der Waals surface area contributed by atoms with E-state index in [0.29, 0.717) is 36.5 Å². The first-order chi connectivity index (χ1) is 16.4. The number of carbonyl (C=O) groups is 1. The number of carbonyl (C=O) groups excluding carboxylic acids is 1. The van der Waals surface area contributed by atoms with E-state index in [9.17, 15) is 9.90 Å². The van der Waals surface area contributed by atoms with Gasteiger partial charge in [-0.25, -0.2) is 0 Å². The monoisotopic (exact) mass is 502 g/mol. The molecule has 0 aromatic heterocycles. The SMILES string of the molecule is COc1ccc(P(Cl)(CC(=O)CCCCO)(c2ccc(OC)cc2)c2ccc(OC)cc2)cc1. The van der Waals surface area contributed by atoms with Crippen LogP contribution in [0.2, 0.25) is 0 Å². The van der Waals surface area contributed by atoms with Gasteiger partial charge in [-0.05, 0) is 0 Å². The summed E-state index contributed by atoms with van der Waals surface area (Å²) in [6.45, 7) is 0.0627. The maximum atomic E-state index is 13.4. The fourth-order valence-corrected chi connectivity index (χ4v) is 10.2. The second-order valence-corrected chi connectivity index (χ2v) is 14.6. The van der Waals surface area contributed by atoms with Crippen LogP contribution in [0.3, 0.4) is 0 Å². The van der Waals surface area contributed by atoms with Gasteiger partial charge in [0.25, 0.3) is 0 Å². The van der Waals surface area contributed by atoms with Crippen LogP contribution in [0.1, 0.15) is 19.3 Å². The molecule has 5 nitrogen and oxygen atoms in total. The van der Waals surface area contributed by atoms with Crippen molar-refractivity contribution in [1.29, 1.82) is 0 Å². The van der Waals surface area contributed by atoms with E-state index < -0.39 is 5.96 Å². The summed E-state index contributed by atoms with van der Waals surface area (Å²) in [5, 5.41) is 11.8. The van der Waals surface area contributed by atoms with Gasteiger partial charge in [0.15, 0.2) is 0 Å². The minimum atomic E-state index is -3.78. The van der Waals surface area contributed by atoms with E-state index in [2.05, 4.69) is 0 Å². The third-order valence-corrected chi connectivity index (χ3v) is 13.4. The summed E-state index contributed by atoms with van der Waals surface area (Å²) in [5.41, 5.74) is 0. The number of benzene rings is 3. The van der Waals surface area contributed by atoms with Crippen LogP contribution in [0, 0.1) is 0 Å². The van der Waals surface area contributed by atoms with Crippen LogP contribution in [0.5, 0.6) is 17.2 Å². The number of methoxy groups -OCH3 is 3. The van der Waals surface area contributed by atoms with E-state index in [0.717, 1.165) is 15.9 Å². The average Bonchev–Trinajstić information content (AvgIpc) is 2.89. The normalized spacial score (nSPS) is 12.4. The second kappa shape index (κ2) is 11.2. The molecule has 0 saturated carbocycles. The van der Waals surface area contributed by atoms with E-state index in [1.165, 1.54) is 0 Å². The molecule has 0 saturated heterocycles. The molecule has 0 aliphatic heterocycles. The molecule has 1 N–H and O–H groups in total. The molecule has 0 unspecified atom stereocenters. The molecule has 0 aliphatic carbocycles. The summed E-state index contributed by atoms with van der Waals surface area (Å²) in [5.74, 6) is -1.59. The maximum absolute atomic E-state index is 13.4. The first-order valence-corrected chi connectivity index (χ1v) is 14.5. The molecule has 0 amide bonds. The molecule has 182 valence electrons. The third-order valence-electron chi connectivity index (χ3n) is 6.17. The fourth-order valence-electron chi connectivity index (χ4n) is 4.24. The molecule has 0 aliphatic rings. The van der Waals surface area contributed by atoms with Crippen LogP contribution in [-0.4, -0.2) is 45.0 Å². The molecule has 0 spiro atoms. The van der Waals surface area contributed by atoms with Crippen molar-refractivity contribution in [2.75, 3.05) is 34.1 Å². The molecule has 0 atom stereocenters. The van der Waals surface area contributed by atoms with Crippen LogP contribution < -0.4 is 30.1 Å². The number of ether oxygens (including phenoxy) is 3. The predicted molar refractivity (Wildman–Crippen MR) is 141 cm³/mol. The zero-order chi connectivity index (χ0) is 24.6. The Labute approximate surface area is 206 Å². The number of hydrogen-bond donors (Lipinski definition) is 1. The van der Waals surface area contributed by atoms with Crippen molar-refractivity contribution in [2.24, 2.45) is 0 Å². The van der Waals surface area contributed by atoms with Gasteiger partial charge in [0.2, 0.25) is 0 Å². The van der Waals surface area contributed by atoms with Crippen molar-refractivity contribution in [3.63, 3.8) is 0 Å². The molecule has 0 bridgehead atoms. The first kappa shape index (κ1) is 26.0. The second-order valence-electron chi connectivity index (χ2n) is 8.15. The van der Waals surface area contributed by atoms with Crippen molar-refractivity contribution < 1.29 is 24.1 Å². The van der Waals surface area contributed by atoms with Crippen molar-refractivity contribution in [3.8, 4) is 17.2 Å². The van der Waals surface area contributed by atoms with E-state index in [1.54, 1.807) is 21.3 Å². The summed E-state index contributed by atoms with van der Waals surface area (Å²) in [6, 6.07) is 23.0. The molecule has 7 heteroatoms. The Bertz CT molecular complexity index is 963. The van der Waals surface area contributed by atoms with Gasteiger partial charge in [0.1, 0.15) is 0 Å². The molecular weight excluding hydrogens is 471 g/mol. The van der Waals surface area contributed by atoms with Crippen LogP contribution in [0.4, 0.5) is 0 Å². The van der Waals surface area contributed by atoms with Crippen molar-refractivity contribution in [3.05, 3.63) is 72.8 Å². The van der Waals surface area contributed by atoms with Crippen LogP contribution in [-0.2, 0) is 4.79 Å². The van der Waals surface area contributed by atoms with Gasteiger partial charge in [-0.2, -0.15) is 0 Å². The molecule has 0 fully saturated rings. The predicted octanol–water partition coefficient (Wildman–Crippen LogP) is 4.43. The summed E-state index contributed by atoms with van der Waals surface area (Å²) in [6.07, 6.45) is 1.71. The molecule has 3 aromatic rings. The van der Waals surface area contributed by atoms with Gasteiger partial charge in [-0.15, -0.1) is 0 Å². The van der Waals surface area contributed by atoms with Gasteiger partial charge in [-0.1, -0.05) is 0 Å². The summed E-state index contributed by atoms with van der Waals surface area (Å²) in [7, 11) is 4.85. The molecule has 3 aromatic carbocycles. The number of halogens is 1. The molecule has 0 radical (unpaired) electrons. The minimum absolute atomic E-state index is 0.0589. The van der Waals surface area contributed by atoms with E-state index in [1.807, 2.05) is 72.8 Å². The number of rotatable bonds is 12. The molecule has 3 rings (SSSR count). The third kappa shape index (κ3) is 5.07. The van der Waals surface area contributed by atoms with Gasteiger partial charge >= 0.3 is 206 Å². The van der Waals surface area contributed by atoms with Crippen molar-refractivity contribution in [2.45, 2.75) is 19.3 Å².